The number of amidine groups is 1. The monoisotopic (exact) mass is 458 g/mol. The lowest BCUT2D eigenvalue weighted by molar-refractivity contribution is 1.12. The topological polar surface area (TPSA) is 110 Å². The Morgan fingerprint density at radius 3 is 2.71 bits per heavy atom. The van der Waals surface area contributed by atoms with Crippen LogP contribution in [0, 0.1) is 0 Å². The smallest absolute Gasteiger partial charge is 0.160 e. The van der Waals surface area contributed by atoms with Crippen LogP contribution in [0.25, 0.3) is 44.4 Å². The van der Waals surface area contributed by atoms with Gasteiger partial charge in [-0.05, 0) is 62.2 Å². The SMILES string of the molecule is C=N/C(=N\C(=C/C)Nc1ccc2[nH]ncc2c1)c1ccc2cc(-c3nc4ccccc4[nH]3)[nH]c2c1. The predicted octanol–water partition coefficient (Wildman–Crippen LogP) is 6.01. The van der Waals surface area contributed by atoms with Crippen molar-refractivity contribution in [3.05, 3.63) is 90.4 Å². The second-order valence-electron chi connectivity index (χ2n) is 8.15. The maximum absolute atomic E-state index is 4.73. The van der Waals surface area contributed by atoms with Crippen molar-refractivity contribution in [1.29, 1.82) is 0 Å². The van der Waals surface area contributed by atoms with Crippen LogP contribution >= 0.6 is 0 Å². The number of aromatic nitrogens is 5. The van der Waals surface area contributed by atoms with E-state index in [1.165, 1.54) is 0 Å². The van der Waals surface area contributed by atoms with Crippen LogP contribution < -0.4 is 5.32 Å². The molecule has 8 nitrogen and oxygen atoms in total. The molecular formula is C27H22N8. The number of H-pyrrole nitrogens is 3. The number of hydrogen-bond acceptors (Lipinski definition) is 4. The van der Waals surface area contributed by atoms with Crippen molar-refractivity contribution >= 4 is 51.1 Å². The average Bonchev–Trinajstić information content (AvgIpc) is 3.63. The molecule has 4 N–H and O–H groups in total. The predicted molar refractivity (Wildman–Crippen MR) is 143 cm³/mol. The van der Waals surface area contributed by atoms with Crippen molar-refractivity contribution in [3.8, 4) is 11.5 Å². The third-order valence-corrected chi connectivity index (χ3v) is 5.89. The van der Waals surface area contributed by atoms with E-state index in [0.29, 0.717) is 11.7 Å². The Morgan fingerprint density at radius 2 is 1.86 bits per heavy atom. The summed E-state index contributed by atoms with van der Waals surface area (Å²) in [7, 11) is 0. The van der Waals surface area contributed by atoms with Crippen LogP contribution in [0.1, 0.15) is 12.5 Å². The molecule has 8 heteroatoms. The van der Waals surface area contributed by atoms with E-state index in [1.54, 1.807) is 6.20 Å². The molecule has 0 aliphatic rings. The highest BCUT2D eigenvalue weighted by molar-refractivity contribution is 6.04. The highest BCUT2D eigenvalue weighted by Gasteiger charge is 2.11. The van der Waals surface area contributed by atoms with Crippen molar-refractivity contribution in [1.82, 2.24) is 25.1 Å². The number of allylic oxidation sites excluding steroid dienone is 1. The Balaban J connectivity index is 1.31. The van der Waals surface area contributed by atoms with Crippen molar-refractivity contribution in [3.63, 3.8) is 0 Å². The molecule has 3 aromatic heterocycles. The number of anilines is 1. The summed E-state index contributed by atoms with van der Waals surface area (Å²) in [5.74, 6) is 2.00. The minimum atomic E-state index is 0.525. The van der Waals surface area contributed by atoms with Crippen LogP contribution in [0.3, 0.4) is 0 Å². The summed E-state index contributed by atoms with van der Waals surface area (Å²) in [5, 5.41) is 12.5. The van der Waals surface area contributed by atoms with Gasteiger partial charge in [0.25, 0.3) is 0 Å². The second kappa shape index (κ2) is 8.42. The molecule has 35 heavy (non-hydrogen) atoms. The van der Waals surface area contributed by atoms with Crippen LogP contribution in [0.4, 0.5) is 5.69 Å². The summed E-state index contributed by atoms with van der Waals surface area (Å²) in [6.07, 6.45) is 3.69. The van der Waals surface area contributed by atoms with Gasteiger partial charge in [0.15, 0.2) is 11.7 Å². The van der Waals surface area contributed by atoms with E-state index in [9.17, 15) is 0 Å². The summed E-state index contributed by atoms with van der Waals surface area (Å²) in [5.41, 5.74) is 6.58. The Morgan fingerprint density at radius 1 is 0.943 bits per heavy atom. The third kappa shape index (κ3) is 3.87. The number of aliphatic imine (C=N–C) groups is 2. The first-order valence-electron chi connectivity index (χ1n) is 11.2. The second-order valence-corrected chi connectivity index (χ2v) is 8.15. The van der Waals surface area contributed by atoms with Crippen molar-refractivity contribution in [2.45, 2.75) is 6.92 Å². The molecule has 0 aliphatic carbocycles. The van der Waals surface area contributed by atoms with E-state index >= 15 is 0 Å². The molecule has 3 aromatic carbocycles. The highest BCUT2D eigenvalue weighted by Crippen LogP contribution is 2.26. The normalized spacial score (nSPS) is 12.6. The van der Waals surface area contributed by atoms with Gasteiger partial charge in [0.2, 0.25) is 0 Å². The van der Waals surface area contributed by atoms with Crippen molar-refractivity contribution < 1.29 is 0 Å². The number of nitrogens with zero attached hydrogens (tertiary/aromatic N) is 4. The molecule has 0 bridgehead atoms. The molecule has 0 atom stereocenters. The molecule has 6 aromatic rings. The summed E-state index contributed by atoms with van der Waals surface area (Å²) in [6.45, 7) is 5.68. The fourth-order valence-electron chi connectivity index (χ4n) is 4.11. The van der Waals surface area contributed by atoms with Crippen LogP contribution in [0.2, 0.25) is 0 Å². The Bertz CT molecular complexity index is 1730. The van der Waals surface area contributed by atoms with Gasteiger partial charge >= 0.3 is 0 Å². The molecule has 0 fully saturated rings. The first-order valence-corrected chi connectivity index (χ1v) is 11.2. The van der Waals surface area contributed by atoms with Crippen LogP contribution in [-0.2, 0) is 0 Å². The van der Waals surface area contributed by atoms with Gasteiger partial charge in [-0.1, -0.05) is 24.3 Å². The highest BCUT2D eigenvalue weighted by atomic mass is 15.1. The molecule has 0 amide bonds. The molecule has 0 aliphatic heterocycles. The van der Waals surface area contributed by atoms with E-state index in [0.717, 1.165) is 55.6 Å². The molecule has 0 radical (unpaired) electrons. The summed E-state index contributed by atoms with van der Waals surface area (Å²) in [4.78, 5) is 20.5. The molecule has 3 heterocycles. The van der Waals surface area contributed by atoms with E-state index < -0.39 is 0 Å². The lowest BCUT2D eigenvalue weighted by Gasteiger charge is -2.08. The van der Waals surface area contributed by atoms with E-state index in [1.807, 2.05) is 73.7 Å². The quantitative estimate of drug-likeness (QED) is 0.188. The van der Waals surface area contributed by atoms with Gasteiger partial charge in [-0.3, -0.25) is 5.10 Å². The van der Waals surface area contributed by atoms with Crippen molar-refractivity contribution in [2.75, 3.05) is 5.32 Å². The van der Waals surface area contributed by atoms with Crippen molar-refractivity contribution in [2.24, 2.45) is 9.98 Å². The summed E-state index contributed by atoms with van der Waals surface area (Å²) >= 11 is 0. The molecule has 0 unspecified atom stereocenters. The zero-order valence-corrected chi connectivity index (χ0v) is 19.0. The van der Waals surface area contributed by atoms with E-state index in [4.69, 9.17) is 9.98 Å². The molecule has 170 valence electrons. The number of benzene rings is 3. The summed E-state index contributed by atoms with van der Waals surface area (Å²) < 4.78 is 0. The van der Waals surface area contributed by atoms with Crippen LogP contribution in [-0.4, -0.2) is 37.7 Å². The number of rotatable bonds is 5. The molecule has 6 rings (SSSR count). The Kier molecular flexibility index (Phi) is 4.96. The summed E-state index contributed by atoms with van der Waals surface area (Å²) in [6, 6.07) is 22.1. The average molecular weight is 459 g/mol. The van der Waals surface area contributed by atoms with E-state index in [2.05, 4.69) is 43.3 Å². The first-order chi connectivity index (χ1) is 17.2. The molecular weight excluding hydrogens is 436 g/mol. The fourth-order valence-corrected chi connectivity index (χ4v) is 4.11. The third-order valence-electron chi connectivity index (χ3n) is 5.89. The van der Waals surface area contributed by atoms with Gasteiger partial charge < -0.3 is 15.3 Å². The number of nitrogens with one attached hydrogen (secondary N) is 4. The van der Waals surface area contributed by atoms with Crippen LogP contribution in [0.5, 0.6) is 0 Å². The minimum absolute atomic E-state index is 0.525. The lowest BCUT2D eigenvalue weighted by Crippen LogP contribution is -2.03. The van der Waals surface area contributed by atoms with Gasteiger partial charge in [0, 0.05) is 27.5 Å². The molecule has 0 spiro atoms. The number of aromatic amines is 3. The van der Waals surface area contributed by atoms with E-state index in [-0.39, 0.29) is 0 Å². The van der Waals surface area contributed by atoms with Gasteiger partial charge in [0.1, 0.15) is 5.82 Å². The largest absolute Gasteiger partial charge is 0.352 e. The maximum Gasteiger partial charge on any atom is 0.160 e. The van der Waals surface area contributed by atoms with Gasteiger partial charge in [-0.2, -0.15) is 5.10 Å². The molecule has 0 saturated carbocycles. The number of hydrogen-bond donors (Lipinski definition) is 4. The Labute approximate surface area is 200 Å². The fraction of sp³-hybridized carbons (Fsp3) is 0.0370. The van der Waals surface area contributed by atoms with Gasteiger partial charge in [0.05, 0.1) is 28.4 Å². The standard InChI is InChI=1S/C27H22N8/c1-3-25(30-19-10-11-20-18(12-19)15-29-35-20)34-26(28-2)17-9-8-16-13-24(31-23(16)14-17)27-32-21-6-4-5-7-22(21)33-27/h3-15,30-31H,2H2,1H3,(H,29,35)(H,32,33)/b25-3-,34-26-. The minimum Gasteiger partial charge on any atom is -0.352 e. The van der Waals surface area contributed by atoms with Gasteiger partial charge in [-0.15, -0.1) is 0 Å². The molecule has 0 saturated heterocycles. The first kappa shape index (κ1) is 20.6. The number of imidazole rings is 1. The maximum atomic E-state index is 4.73. The zero-order valence-electron chi connectivity index (χ0n) is 19.0. The van der Waals surface area contributed by atoms with Gasteiger partial charge in [-0.25, -0.2) is 15.0 Å². The number of fused-ring (bicyclic) bond motifs is 3. The van der Waals surface area contributed by atoms with Crippen LogP contribution in [0.15, 0.2) is 94.8 Å². The number of para-hydroxylation sites is 2. The zero-order chi connectivity index (χ0) is 23.8. The lowest BCUT2D eigenvalue weighted by atomic mass is 10.1. The Hall–Kier alpha value is -4.98.